The Kier molecular flexibility index (Phi) is 4.48. The van der Waals surface area contributed by atoms with E-state index in [0.29, 0.717) is 29.3 Å². The van der Waals surface area contributed by atoms with Crippen molar-refractivity contribution in [1.29, 1.82) is 0 Å². The molecule has 2 heterocycles. The Morgan fingerprint density at radius 2 is 2.16 bits per heavy atom. The number of benzene rings is 1. The standard InChI is InChI=1S/C16H17N5O4/c1-3-25-9(2)21-8-19-13-14(17-7-18-15(13)21)20-10-4-5-12(22)11(6-10)16(23)24/h4-9,22H,3H2,1-2H3,(H,23,24)(H,17,18,20). The number of imidazole rings is 1. The van der Waals surface area contributed by atoms with Crippen LogP contribution in [-0.4, -0.2) is 42.3 Å². The molecular weight excluding hydrogens is 326 g/mol. The van der Waals surface area contributed by atoms with Crippen molar-refractivity contribution >= 4 is 28.6 Å². The van der Waals surface area contributed by atoms with Crippen LogP contribution in [0.1, 0.15) is 30.4 Å². The second-order valence-corrected chi connectivity index (χ2v) is 5.26. The molecule has 0 aliphatic carbocycles. The zero-order valence-corrected chi connectivity index (χ0v) is 13.7. The smallest absolute Gasteiger partial charge is 0.339 e. The van der Waals surface area contributed by atoms with Crippen LogP contribution in [0.4, 0.5) is 11.5 Å². The third-order valence-corrected chi connectivity index (χ3v) is 3.65. The quantitative estimate of drug-likeness (QED) is 0.584. The molecule has 0 amide bonds. The average molecular weight is 343 g/mol. The number of hydrogen-bond donors (Lipinski definition) is 3. The van der Waals surface area contributed by atoms with Gasteiger partial charge in [0.05, 0.1) is 6.33 Å². The molecule has 0 bridgehead atoms. The lowest BCUT2D eigenvalue weighted by atomic mass is 10.2. The number of anilines is 2. The van der Waals surface area contributed by atoms with E-state index in [-0.39, 0.29) is 17.5 Å². The van der Waals surface area contributed by atoms with Crippen molar-refractivity contribution in [3.8, 4) is 5.75 Å². The Bertz CT molecular complexity index is 924. The molecule has 0 radical (unpaired) electrons. The molecule has 3 N–H and O–H groups in total. The van der Waals surface area contributed by atoms with Gasteiger partial charge in [-0.1, -0.05) is 0 Å². The second-order valence-electron chi connectivity index (χ2n) is 5.26. The van der Waals surface area contributed by atoms with Crippen molar-refractivity contribution in [2.75, 3.05) is 11.9 Å². The Morgan fingerprint density at radius 1 is 1.36 bits per heavy atom. The van der Waals surface area contributed by atoms with Crippen molar-refractivity contribution in [2.24, 2.45) is 0 Å². The molecule has 0 saturated heterocycles. The molecule has 2 aromatic heterocycles. The van der Waals surface area contributed by atoms with E-state index in [1.54, 1.807) is 17.0 Å². The number of hydrogen-bond acceptors (Lipinski definition) is 7. The van der Waals surface area contributed by atoms with Gasteiger partial charge >= 0.3 is 5.97 Å². The number of aromatic hydroxyl groups is 1. The third kappa shape index (κ3) is 3.22. The van der Waals surface area contributed by atoms with Crippen molar-refractivity contribution in [2.45, 2.75) is 20.1 Å². The highest BCUT2D eigenvalue weighted by Crippen LogP contribution is 2.27. The normalized spacial score (nSPS) is 12.2. The number of nitrogens with zero attached hydrogens (tertiary/aromatic N) is 4. The molecule has 130 valence electrons. The summed E-state index contributed by atoms with van der Waals surface area (Å²) in [5, 5.41) is 21.7. The van der Waals surface area contributed by atoms with Crippen LogP contribution in [0.25, 0.3) is 11.2 Å². The molecule has 1 unspecified atom stereocenters. The Morgan fingerprint density at radius 3 is 2.88 bits per heavy atom. The SMILES string of the molecule is CCOC(C)n1cnc2c(Nc3ccc(O)c(C(=O)O)c3)ncnc21. The van der Waals surface area contributed by atoms with Gasteiger partial charge in [-0.2, -0.15) is 0 Å². The third-order valence-electron chi connectivity index (χ3n) is 3.65. The van der Waals surface area contributed by atoms with E-state index < -0.39 is 5.97 Å². The first-order valence-electron chi connectivity index (χ1n) is 7.63. The monoisotopic (exact) mass is 343 g/mol. The predicted octanol–water partition coefficient (Wildman–Crippen LogP) is 2.53. The summed E-state index contributed by atoms with van der Waals surface area (Å²) >= 11 is 0. The highest BCUT2D eigenvalue weighted by Gasteiger charge is 2.15. The van der Waals surface area contributed by atoms with Gasteiger partial charge in [0.2, 0.25) is 0 Å². The summed E-state index contributed by atoms with van der Waals surface area (Å²) in [6, 6.07) is 4.18. The molecule has 3 rings (SSSR count). The first-order valence-corrected chi connectivity index (χ1v) is 7.63. The highest BCUT2D eigenvalue weighted by atomic mass is 16.5. The summed E-state index contributed by atoms with van der Waals surface area (Å²) in [6.45, 7) is 4.35. The maximum atomic E-state index is 11.1. The number of carbonyl (C=O) groups is 1. The Labute approximate surface area is 142 Å². The van der Waals surface area contributed by atoms with Gasteiger partial charge in [0.25, 0.3) is 0 Å². The number of aromatic carboxylic acids is 1. The van der Waals surface area contributed by atoms with Crippen molar-refractivity contribution < 1.29 is 19.7 Å². The largest absolute Gasteiger partial charge is 0.507 e. The number of ether oxygens (including phenoxy) is 1. The number of aromatic nitrogens is 4. The van der Waals surface area contributed by atoms with Gasteiger partial charge in [0, 0.05) is 12.3 Å². The molecule has 0 aliphatic rings. The Balaban J connectivity index is 1.97. The van der Waals surface area contributed by atoms with Crippen LogP contribution in [0.3, 0.4) is 0 Å². The molecule has 0 aliphatic heterocycles. The summed E-state index contributed by atoms with van der Waals surface area (Å²) in [5.74, 6) is -1.10. The zero-order chi connectivity index (χ0) is 18.0. The van der Waals surface area contributed by atoms with Gasteiger partial charge < -0.3 is 20.3 Å². The molecule has 9 nitrogen and oxygen atoms in total. The minimum atomic E-state index is -1.22. The van der Waals surface area contributed by atoms with Gasteiger partial charge in [-0.3, -0.25) is 4.57 Å². The van der Waals surface area contributed by atoms with Crippen LogP contribution in [0.5, 0.6) is 5.75 Å². The van der Waals surface area contributed by atoms with Gasteiger partial charge in [0.15, 0.2) is 17.0 Å². The fourth-order valence-corrected chi connectivity index (χ4v) is 2.45. The van der Waals surface area contributed by atoms with E-state index in [2.05, 4.69) is 20.3 Å². The lowest BCUT2D eigenvalue weighted by Crippen LogP contribution is -2.09. The van der Waals surface area contributed by atoms with Crippen LogP contribution in [0.15, 0.2) is 30.9 Å². The van der Waals surface area contributed by atoms with Gasteiger partial charge in [-0.15, -0.1) is 0 Å². The lowest BCUT2D eigenvalue weighted by Gasteiger charge is -2.13. The molecule has 1 atom stereocenters. The molecule has 25 heavy (non-hydrogen) atoms. The molecule has 0 spiro atoms. The van der Waals surface area contributed by atoms with Crippen molar-refractivity contribution in [3.63, 3.8) is 0 Å². The maximum Gasteiger partial charge on any atom is 0.339 e. The summed E-state index contributed by atoms with van der Waals surface area (Å²) in [5.41, 5.74) is 1.38. The maximum absolute atomic E-state index is 11.1. The summed E-state index contributed by atoms with van der Waals surface area (Å²) in [4.78, 5) is 23.9. The van der Waals surface area contributed by atoms with E-state index in [1.165, 1.54) is 18.5 Å². The van der Waals surface area contributed by atoms with E-state index in [9.17, 15) is 9.90 Å². The number of phenols is 1. The zero-order valence-electron chi connectivity index (χ0n) is 13.7. The molecule has 0 saturated carbocycles. The van der Waals surface area contributed by atoms with Crippen molar-refractivity contribution in [1.82, 2.24) is 19.5 Å². The van der Waals surface area contributed by atoms with Crippen LogP contribution in [0, 0.1) is 0 Å². The molecular formula is C16H17N5O4. The van der Waals surface area contributed by atoms with E-state index in [0.717, 1.165) is 0 Å². The summed E-state index contributed by atoms with van der Waals surface area (Å²) in [7, 11) is 0. The second kappa shape index (κ2) is 6.73. The Hall–Kier alpha value is -3.20. The fraction of sp³-hybridized carbons (Fsp3) is 0.250. The molecule has 0 fully saturated rings. The summed E-state index contributed by atoms with van der Waals surface area (Å²) < 4.78 is 7.34. The predicted molar refractivity (Wildman–Crippen MR) is 90.0 cm³/mol. The highest BCUT2D eigenvalue weighted by molar-refractivity contribution is 5.93. The number of carboxylic acid groups (broad SMARTS) is 1. The minimum Gasteiger partial charge on any atom is -0.507 e. The van der Waals surface area contributed by atoms with Crippen molar-refractivity contribution in [3.05, 3.63) is 36.4 Å². The average Bonchev–Trinajstić information content (AvgIpc) is 3.02. The first-order chi connectivity index (χ1) is 12.0. The van der Waals surface area contributed by atoms with E-state index in [1.807, 2.05) is 13.8 Å². The molecule has 3 aromatic rings. The van der Waals surface area contributed by atoms with Crippen LogP contribution >= 0.6 is 0 Å². The minimum absolute atomic E-state index is 0.203. The van der Waals surface area contributed by atoms with Gasteiger partial charge in [0.1, 0.15) is 23.9 Å². The fourth-order valence-electron chi connectivity index (χ4n) is 2.45. The van der Waals surface area contributed by atoms with E-state index in [4.69, 9.17) is 9.84 Å². The van der Waals surface area contributed by atoms with Gasteiger partial charge in [-0.25, -0.2) is 19.7 Å². The summed E-state index contributed by atoms with van der Waals surface area (Å²) in [6.07, 6.45) is 2.77. The molecule has 9 heteroatoms. The first kappa shape index (κ1) is 16.7. The van der Waals surface area contributed by atoms with Gasteiger partial charge in [-0.05, 0) is 32.0 Å². The van der Waals surface area contributed by atoms with Crippen LogP contribution < -0.4 is 5.32 Å². The lowest BCUT2D eigenvalue weighted by molar-refractivity contribution is 0.0272. The van der Waals surface area contributed by atoms with E-state index >= 15 is 0 Å². The van der Waals surface area contributed by atoms with Crippen LogP contribution in [-0.2, 0) is 4.74 Å². The number of nitrogens with one attached hydrogen (secondary N) is 1. The van der Waals surface area contributed by atoms with Crippen LogP contribution in [0.2, 0.25) is 0 Å². The number of carboxylic acids is 1. The topological polar surface area (TPSA) is 122 Å². The number of fused-ring (bicyclic) bond motifs is 1. The molecule has 1 aromatic carbocycles. The number of rotatable bonds is 6.